The van der Waals surface area contributed by atoms with Crippen LogP contribution in [-0.2, 0) is 18.5 Å². The van der Waals surface area contributed by atoms with Crippen LogP contribution in [0.5, 0.6) is 0 Å². The van der Waals surface area contributed by atoms with Gasteiger partial charge in [-0.25, -0.2) is 19.7 Å². The number of carbonyl (C=O) groups is 3. The fourth-order valence-electron chi connectivity index (χ4n) is 6.79. The van der Waals surface area contributed by atoms with Gasteiger partial charge in [-0.05, 0) is 60.7 Å². The average molecular weight is 1020 g/mol. The summed E-state index contributed by atoms with van der Waals surface area (Å²) >= 11 is 11.1. The van der Waals surface area contributed by atoms with Gasteiger partial charge in [-0.3, -0.25) is 19.6 Å². The molecule has 0 bridgehead atoms. The quantitative estimate of drug-likeness (QED) is 0.109. The smallest absolute Gasteiger partial charge is 0.419 e. The van der Waals surface area contributed by atoms with Crippen LogP contribution >= 0.6 is 23.2 Å². The van der Waals surface area contributed by atoms with Crippen molar-refractivity contribution in [3.05, 3.63) is 196 Å². The van der Waals surface area contributed by atoms with Crippen molar-refractivity contribution in [1.29, 1.82) is 0 Å². The van der Waals surface area contributed by atoms with Gasteiger partial charge in [-0.1, -0.05) is 89.9 Å². The zero-order valence-electron chi connectivity index (χ0n) is 35.5. The highest BCUT2D eigenvalue weighted by molar-refractivity contribution is 6.31. The Bertz CT molecular complexity index is 3440. The molecule has 0 unspecified atom stereocenters. The molecule has 0 spiro atoms. The molecule has 4 aromatic carbocycles. The Morgan fingerprint density at radius 2 is 0.859 bits per heavy atom. The van der Waals surface area contributed by atoms with E-state index < -0.39 is 63.3 Å². The molecule has 0 radical (unpaired) electrons. The van der Waals surface area contributed by atoms with E-state index in [1.807, 2.05) is 0 Å². The second-order valence-corrected chi connectivity index (χ2v) is 15.4. The minimum absolute atomic E-state index is 0.0667. The standard InChI is InChI=1S/C22H14F3N3O.C16H9ClF3N3O.C11H5ClF3NO2/c23-22(24,25)18-12-15-8-4-10-17(21(29)27-16-9-5-11-26-13-16)19(15)28-20(18)14-6-2-1-3-7-14;17-14-12(16(18,19)20)7-9-3-1-5-11(13(9)23-14)15(24)22-10-4-2-6-21-8-10;12-9-7(11(13,14)15)4-5-2-1-3-6(10(17)18)8(5)16-9/h1-13H,(H,27,29);1-8H,(H,22,24);1-4H,(H,17,18). The first-order valence-electron chi connectivity index (χ1n) is 20.2. The molecule has 0 aliphatic rings. The van der Waals surface area contributed by atoms with Crippen LogP contribution in [0, 0.1) is 0 Å². The minimum Gasteiger partial charge on any atom is -0.478 e. The number of nitrogens with zero attached hydrogens (tertiary/aromatic N) is 5. The molecular weight excluding hydrogens is 992 g/mol. The number of amides is 2. The summed E-state index contributed by atoms with van der Waals surface area (Å²) in [5.74, 6) is -2.27. The topological polar surface area (TPSA) is 160 Å². The third-order valence-electron chi connectivity index (χ3n) is 9.97. The number of rotatable bonds is 6. The highest BCUT2D eigenvalue weighted by atomic mass is 35.5. The fourth-order valence-corrected chi connectivity index (χ4v) is 7.28. The normalized spacial score (nSPS) is 11.5. The monoisotopic (exact) mass is 1020 g/mol. The summed E-state index contributed by atoms with van der Waals surface area (Å²) < 4.78 is 118. The maximum atomic E-state index is 13.7. The summed E-state index contributed by atoms with van der Waals surface area (Å²) in [6.45, 7) is 0. The number of hydrogen-bond donors (Lipinski definition) is 3. The summed E-state index contributed by atoms with van der Waals surface area (Å²) in [5, 5.41) is 13.2. The zero-order valence-corrected chi connectivity index (χ0v) is 37.0. The van der Waals surface area contributed by atoms with Gasteiger partial charge in [0.05, 0.1) is 79.4 Å². The second-order valence-electron chi connectivity index (χ2n) is 14.7. The van der Waals surface area contributed by atoms with Gasteiger partial charge < -0.3 is 15.7 Å². The number of para-hydroxylation sites is 3. The molecule has 0 fully saturated rings. The van der Waals surface area contributed by atoms with E-state index in [4.69, 9.17) is 28.3 Å². The first-order chi connectivity index (χ1) is 33.6. The molecular formula is C49H28Cl2F9N7O4. The van der Waals surface area contributed by atoms with Crippen molar-refractivity contribution in [2.24, 2.45) is 0 Å². The average Bonchev–Trinajstić information content (AvgIpc) is 3.33. The molecule has 2 amide bonds. The van der Waals surface area contributed by atoms with Crippen molar-refractivity contribution < 1.29 is 59.0 Å². The van der Waals surface area contributed by atoms with Crippen LogP contribution in [0.15, 0.2) is 152 Å². The Morgan fingerprint density at radius 1 is 0.465 bits per heavy atom. The maximum absolute atomic E-state index is 13.7. The number of benzene rings is 4. The number of aromatic nitrogens is 5. The van der Waals surface area contributed by atoms with Gasteiger partial charge in [0, 0.05) is 34.1 Å². The van der Waals surface area contributed by atoms with E-state index in [0.29, 0.717) is 16.9 Å². The van der Waals surface area contributed by atoms with E-state index in [1.54, 1.807) is 67.0 Å². The molecule has 0 atom stereocenters. The van der Waals surface area contributed by atoms with E-state index in [1.165, 1.54) is 67.0 Å². The Kier molecular flexibility index (Phi) is 14.8. The minimum atomic E-state index is -4.63. The van der Waals surface area contributed by atoms with Crippen molar-refractivity contribution in [2.75, 3.05) is 10.6 Å². The lowest BCUT2D eigenvalue weighted by Crippen LogP contribution is -2.14. The van der Waals surface area contributed by atoms with Gasteiger partial charge in [0.15, 0.2) is 0 Å². The molecule has 71 heavy (non-hydrogen) atoms. The van der Waals surface area contributed by atoms with Crippen molar-refractivity contribution in [3.8, 4) is 11.3 Å². The van der Waals surface area contributed by atoms with E-state index >= 15 is 0 Å². The van der Waals surface area contributed by atoms with Crippen LogP contribution in [-0.4, -0.2) is 47.8 Å². The lowest BCUT2D eigenvalue weighted by molar-refractivity contribution is -0.138. The zero-order chi connectivity index (χ0) is 51.3. The Balaban J connectivity index is 0.000000161. The molecule has 9 aromatic rings. The Hall–Kier alpha value is -8.23. The number of aromatic carboxylic acids is 1. The number of anilines is 2. The molecule has 5 heterocycles. The fraction of sp³-hybridized carbons (Fsp3) is 0.0612. The van der Waals surface area contributed by atoms with Gasteiger partial charge in [0.25, 0.3) is 11.8 Å². The molecule has 11 nitrogen and oxygen atoms in total. The summed E-state index contributed by atoms with van der Waals surface area (Å²) in [5.41, 5.74) is -1.60. The number of nitrogens with one attached hydrogen (secondary N) is 2. The highest BCUT2D eigenvalue weighted by Crippen LogP contribution is 2.40. The number of alkyl halides is 9. The molecule has 0 saturated heterocycles. The van der Waals surface area contributed by atoms with Crippen molar-refractivity contribution in [1.82, 2.24) is 24.9 Å². The maximum Gasteiger partial charge on any atom is 0.419 e. The molecule has 360 valence electrons. The summed E-state index contributed by atoms with van der Waals surface area (Å²) in [7, 11) is 0. The number of carboxylic acids is 1. The van der Waals surface area contributed by atoms with Crippen LogP contribution in [0.25, 0.3) is 44.0 Å². The largest absolute Gasteiger partial charge is 0.478 e. The number of hydrogen-bond acceptors (Lipinski definition) is 8. The summed E-state index contributed by atoms with van der Waals surface area (Å²) in [4.78, 5) is 55.4. The summed E-state index contributed by atoms with van der Waals surface area (Å²) in [6.07, 6.45) is -7.78. The predicted molar refractivity (Wildman–Crippen MR) is 247 cm³/mol. The number of carboxylic acid groups (broad SMARTS) is 1. The predicted octanol–water partition coefficient (Wildman–Crippen LogP) is 13.7. The number of halogens is 11. The molecule has 0 aliphatic carbocycles. The van der Waals surface area contributed by atoms with Gasteiger partial charge in [-0.15, -0.1) is 0 Å². The van der Waals surface area contributed by atoms with Crippen LogP contribution in [0.4, 0.5) is 50.9 Å². The molecule has 22 heteroatoms. The van der Waals surface area contributed by atoms with Crippen LogP contribution in [0.1, 0.15) is 47.8 Å². The van der Waals surface area contributed by atoms with Gasteiger partial charge in [0.1, 0.15) is 10.3 Å². The van der Waals surface area contributed by atoms with Crippen LogP contribution in [0.3, 0.4) is 0 Å². The number of fused-ring (bicyclic) bond motifs is 3. The first kappa shape index (κ1) is 50.6. The third-order valence-corrected chi connectivity index (χ3v) is 10.5. The lowest BCUT2D eigenvalue weighted by Gasteiger charge is -2.15. The van der Waals surface area contributed by atoms with Crippen molar-refractivity contribution >= 4 is 85.1 Å². The molecule has 5 aromatic heterocycles. The van der Waals surface area contributed by atoms with Gasteiger partial charge in [-0.2, -0.15) is 39.5 Å². The molecule has 3 N–H and O–H groups in total. The Morgan fingerprint density at radius 3 is 1.25 bits per heavy atom. The van der Waals surface area contributed by atoms with Gasteiger partial charge >= 0.3 is 24.5 Å². The summed E-state index contributed by atoms with van der Waals surface area (Å²) in [6, 6.07) is 30.3. The lowest BCUT2D eigenvalue weighted by atomic mass is 10.0. The number of carbonyl (C=O) groups excluding carboxylic acids is 2. The Labute approximate surface area is 404 Å². The van der Waals surface area contributed by atoms with Crippen molar-refractivity contribution in [3.63, 3.8) is 0 Å². The second kappa shape index (κ2) is 20.8. The molecule has 9 rings (SSSR count). The van der Waals surface area contributed by atoms with E-state index in [-0.39, 0.29) is 55.1 Å². The molecule has 0 aliphatic heterocycles. The SMILES string of the molecule is O=C(Nc1cccnc1)c1cccc2cc(C(F)(F)F)c(-c3ccccc3)nc12.O=C(Nc1cccnc1)c1cccc2cc(C(F)(F)F)c(Cl)nc12.O=C(O)c1cccc2cc(C(F)(F)F)c(Cl)nc12. The van der Waals surface area contributed by atoms with Gasteiger partial charge in [0.2, 0.25) is 0 Å². The van der Waals surface area contributed by atoms with Crippen molar-refractivity contribution in [2.45, 2.75) is 18.5 Å². The van der Waals surface area contributed by atoms with E-state index in [9.17, 15) is 53.9 Å². The van der Waals surface area contributed by atoms with Crippen LogP contribution in [0.2, 0.25) is 10.3 Å². The molecule has 0 saturated carbocycles. The third kappa shape index (κ3) is 12.0. The first-order valence-corrected chi connectivity index (χ1v) is 20.9. The number of pyridine rings is 5. The van der Waals surface area contributed by atoms with Crippen LogP contribution < -0.4 is 10.6 Å². The van der Waals surface area contributed by atoms with E-state index in [0.717, 1.165) is 18.2 Å². The highest BCUT2D eigenvalue weighted by Gasteiger charge is 2.37. The van der Waals surface area contributed by atoms with E-state index in [2.05, 4.69) is 35.6 Å².